The second kappa shape index (κ2) is 6.44. The second-order valence-corrected chi connectivity index (χ2v) is 7.09. The zero-order valence-electron chi connectivity index (χ0n) is 11.9. The molecule has 7 heteroatoms. The molecule has 2 rings (SSSR count). The minimum absolute atomic E-state index is 0.0197. The van der Waals surface area contributed by atoms with Gasteiger partial charge in [-0.2, -0.15) is 4.31 Å². The Morgan fingerprint density at radius 2 is 2.05 bits per heavy atom. The van der Waals surface area contributed by atoms with E-state index < -0.39 is 16.0 Å². The van der Waals surface area contributed by atoms with Gasteiger partial charge in [0.25, 0.3) is 0 Å². The molecular formula is C14H19NO5S. The van der Waals surface area contributed by atoms with Crippen molar-refractivity contribution in [2.45, 2.75) is 31.8 Å². The number of para-hydroxylation sites is 1. The van der Waals surface area contributed by atoms with Gasteiger partial charge in [-0.3, -0.25) is 4.79 Å². The molecule has 0 radical (unpaired) electrons. The summed E-state index contributed by atoms with van der Waals surface area (Å²) < 4.78 is 31.3. The molecule has 0 bridgehead atoms. The maximum absolute atomic E-state index is 12.3. The summed E-state index contributed by atoms with van der Waals surface area (Å²) in [4.78, 5) is 10.6. The van der Waals surface area contributed by atoms with E-state index in [2.05, 4.69) is 0 Å². The van der Waals surface area contributed by atoms with Crippen molar-refractivity contribution in [3.05, 3.63) is 29.8 Å². The lowest BCUT2D eigenvalue weighted by Gasteiger charge is -2.22. The van der Waals surface area contributed by atoms with Crippen LogP contribution in [0.25, 0.3) is 0 Å². The highest BCUT2D eigenvalue weighted by Crippen LogP contribution is 2.32. The van der Waals surface area contributed by atoms with E-state index in [-0.39, 0.29) is 24.8 Å². The Morgan fingerprint density at radius 1 is 1.38 bits per heavy atom. The molecule has 1 saturated carbocycles. The van der Waals surface area contributed by atoms with E-state index in [1.807, 2.05) is 18.2 Å². The van der Waals surface area contributed by atoms with Crippen molar-refractivity contribution < 1.29 is 23.1 Å². The number of hydrogen-bond acceptors (Lipinski definition) is 4. The fourth-order valence-electron chi connectivity index (χ4n) is 2.15. The highest BCUT2D eigenvalue weighted by atomic mass is 32.2. The number of hydrogen-bond donors (Lipinski definition) is 1. The Bertz CT molecular complexity index is 610. The third-order valence-electron chi connectivity index (χ3n) is 3.40. The van der Waals surface area contributed by atoms with E-state index in [0.717, 1.165) is 18.4 Å². The molecule has 6 nitrogen and oxygen atoms in total. The van der Waals surface area contributed by atoms with Gasteiger partial charge < -0.3 is 9.84 Å². The van der Waals surface area contributed by atoms with Gasteiger partial charge in [-0.15, -0.1) is 0 Å². The van der Waals surface area contributed by atoms with E-state index in [9.17, 15) is 13.2 Å². The van der Waals surface area contributed by atoms with Crippen LogP contribution in [0.1, 0.15) is 24.8 Å². The Labute approximate surface area is 124 Å². The smallest absolute Gasteiger partial charge is 0.304 e. The number of carboxylic acid groups (broad SMARTS) is 1. The molecule has 0 heterocycles. The van der Waals surface area contributed by atoms with Crippen molar-refractivity contribution in [3.63, 3.8) is 0 Å². The molecule has 1 aliphatic rings. The molecule has 1 aromatic rings. The van der Waals surface area contributed by atoms with E-state index in [1.165, 1.54) is 4.31 Å². The monoisotopic (exact) mass is 313 g/mol. The van der Waals surface area contributed by atoms with Gasteiger partial charge in [-0.1, -0.05) is 18.2 Å². The number of aliphatic carboxylic acids is 1. The third-order valence-corrected chi connectivity index (χ3v) is 5.27. The first-order chi connectivity index (χ1) is 9.94. The van der Waals surface area contributed by atoms with Crippen LogP contribution in [0.3, 0.4) is 0 Å². The largest absolute Gasteiger partial charge is 0.496 e. The highest BCUT2D eigenvalue weighted by Gasteiger charge is 2.37. The molecule has 1 aliphatic carbocycles. The molecular weight excluding hydrogens is 294 g/mol. The lowest BCUT2D eigenvalue weighted by molar-refractivity contribution is -0.136. The number of benzene rings is 1. The van der Waals surface area contributed by atoms with Gasteiger partial charge in [0, 0.05) is 18.2 Å². The van der Waals surface area contributed by atoms with Crippen LogP contribution in [0.2, 0.25) is 0 Å². The highest BCUT2D eigenvalue weighted by molar-refractivity contribution is 7.89. The summed E-state index contributed by atoms with van der Waals surface area (Å²) >= 11 is 0. The quantitative estimate of drug-likeness (QED) is 0.785. The van der Waals surface area contributed by atoms with Gasteiger partial charge in [0.2, 0.25) is 10.0 Å². The van der Waals surface area contributed by atoms with Gasteiger partial charge in [0.05, 0.1) is 19.3 Å². The van der Waals surface area contributed by atoms with Crippen LogP contribution >= 0.6 is 0 Å². The summed E-state index contributed by atoms with van der Waals surface area (Å²) in [5.74, 6) is -0.836. The minimum atomic E-state index is -3.58. The molecule has 0 saturated heterocycles. The molecule has 0 spiro atoms. The summed E-state index contributed by atoms with van der Waals surface area (Å²) in [5.41, 5.74) is 0.783. The fourth-order valence-corrected chi connectivity index (χ4v) is 3.82. The van der Waals surface area contributed by atoms with Gasteiger partial charge in [0.1, 0.15) is 5.75 Å². The van der Waals surface area contributed by atoms with Crippen molar-refractivity contribution in [1.29, 1.82) is 0 Å². The molecule has 116 valence electrons. The molecule has 0 amide bonds. The number of nitrogens with zero attached hydrogens (tertiary/aromatic N) is 1. The van der Waals surface area contributed by atoms with Crippen LogP contribution in [0.5, 0.6) is 5.75 Å². The maximum atomic E-state index is 12.3. The Balaban J connectivity index is 2.18. The summed E-state index contributed by atoms with van der Waals surface area (Å²) in [6.07, 6.45) is 1.26. The van der Waals surface area contributed by atoms with Crippen LogP contribution in [-0.4, -0.2) is 42.7 Å². The standard InChI is InChI=1S/C14H19NO5S/c1-20-13-5-3-2-4-11(13)10-15(12-6-7-12)21(18,19)9-8-14(16)17/h2-5,12H,6-10H2,1H3,(H,16,17). The Morgan fingerprint density at radius 3 is 2.62 bits per heavy atom. The number of rotatable bonds is 8. The van der Waals surface area contributed by atoms with E-state index in [0.29, 0.717) is 5.75 Å². The summed E-state index contributed by atoms with van der Waals surface area (Å²) in [6, 6.07) is 7.23. The lowest BCUT2D eigenvalue weighted by Crippen LogP contribution is -2.35. The van der Waals surface area contributed by atoms with Crippen LogP contribution in [0, 0.1) is 0 Å². The van der Waals surface area contributed by atoms with Crippen molar-refractivity contribution in [1.82, 2.24) is 4.31 Å². The van der Waals surface area contributed by atoms with Crippen LogP contribution in [-0.2, 0) is 21.4 Å². The normalized spacial score (nSPS) is 15.1. The summed E-state index contributed by atoms with van der Waals surface area (Å²) in [5, 5.41) is 8.68. The fraction of sp³-hybridized carbons (Fsp3) is 0.500. The first-order valence-corrected chi connectivity index (χ1v) is 8.38. The maximum Gasteiger partial charge on any atom is 0.304 e. The molecule has 0 aliphatic heterocycles. The molecule has 1 aromatic carbocycles. The molecule has 0 unspecified atom stereocenters. The van der Waals surface area contributed by atoms with E-state index >= 15 is 0 Å². The molecule has 1 N–H and O–H groups in total. The van der Waals surface area contributed by atoms with Crippen molar-refractivity contribution >= 4 is 16.0 Å². The zero-order chi connectivity index (χ0) is 15.5. The van der Waals surface area contributed by atoms with E-state index in [1.54, 1.807) is 13.2 Å². The number of sulfonamides is 1. The molecule has 21 heavy (non-hydrogen) atoms. The molecule has 0 aromatic heterocycles. The van der Waals surface area contributed by atoms with Crippen molar-refractivity contribution in [3.8, 4) is 5.75 Å². The average molecular weight is 313 g/mol. The first kappa shape index (κ1) is 15.8. The summed E-state index contributed by atoms with van der Waals surface area (Å²) in [6.45, 7) is 0.219. The number of ether oxygens (including phenoxy) is 1. The Kier molecular flexibility index (Phi) is 4.84. The van der Waals surface area contributed by atoms with Gasteiger partial charge in [0.15, 0.2) is 0 Å². The predicted molar refractivity (Wildman–Crippen MR) is 77.6 cm³/mol. The van der Waals surface area contributed by atoms with Gasteiger partial charge >= 0.3 is 5.97 Å². The van der Waals surface area contributed by atoms with Gasteiger partial charge in [-0.25, -0.2) is 8.42 Å². The third kappa shape index (κ3) is 4.18. The predicted octanol–water partition coefficient (Wildman–Crippen LogP) is 1.46. The topological polar surface area (TPSA) is 83.9 Å². The van der Waals surface area contributed by atoms with Crippen LogP contribution in [0.15, 0.2) is 24.3 Å². The van der Waals surface area contributed by atoms with E-state index in [4.69, 9.17) is 9.84 Å². The summed E-state index contributed by atoms with van der Waals surface area (Å²) in [7, 11) is -2.04. The average Bonchev–Trinajstić information content (AvgIpc) is 3.27. The molecule has 1 fully saturated rings. The van der Waals surface area contributed by atoms with Crippen LogP contribution < -0.4 is 4.74 Å². The zero-order valence-corrected chi connectivity index (χ0v) is 12.7. The number of methoxy groups -OCH3 is 1. The Hall–Kier alpha value is -1.60. The lowest BCUT2D eigenvalue weighted by atomic mass is 10.2. The number of carboxylic acids is 1. The van der Waals surface area contributed by atoms with Gasteiger partial charge in [-0.05, 0) is 18.9 Å². The molecule has 0 atom stereocenters. The van der Waals surface area contributed by atoms with Crippen LogP contribution in [0.4, 0.5) is 0 Å². The van der Waals surface area contributed by atoms with Crippen molar-refractivity contribution in [2.24, 2.45) is 0 Å². The minimum Gasteiger partial charge on any atom is -0.496 e. The number of carbonyl (C=O) groups is 1. The first-order valence-electron chi connectivity index (χ1n) is 6.77. The SMILES string of the molecule is COc1ccccc1CN(C1CC1)S(=O)(=O)CCC(=O)O. The second-order valence-electron chi connectivity index (χ2n) is 5.05. The van der Waals surface area contributed by atoms with Crippen molar-refractivity contribution in [2.75, 3.05) is 12.9 Å².